The van der Waals surface area contributed by atoms with Gasteiger partial charge in [-0.2, -0.15) is 0 Å². The predicted octanol–water partition coefficient (Wildman–Crippen LogP) is 29.6. The number of hydrogen-bond acceptors (Lipinski definition) is 5. The third kappa shape index (κ3) is 81.2. The van der Waals surface area contributed by atoms with Crippen LogP contribution in [0.5, 0.6) is 0 Å². The summed E-state index contributed by atoms with van der Waals surface area (Å²) in [6.45, 7) is 4.98. The van der Waals surface area contributed by atoms with Crippen molar-refractivity contribution < 1.29 is 24.5 Å². The van der Waals surface area contributed by atoms with Crippen LogP contribution in [0.1, 0.15) is 508 Å². The van der Waals surface area contributed by atoms with Gasteiger partial charge in [0.15, 0.2) is 0 Å². The highest BCUT2D eigenvalue weighted by Crippen LogP contribution is 2.21. The third-order valence-corrected chi connectivity index (χ3v) is 21.0. The molecular formula is C89H173NO5. The van der Waals surface area contributed by atoms with Gasteiger partial charge in [0.2, 0.25) is 5.91 Å². The fourth-order valence-electron chi connectivity index (χ4n) is 14.3. The van der Waals surface area contributed by atoms with Crippen LogP contribution < -0.4 is 5.32 Å². The van der Waals surface area contributed by atoms with E-state index in [0.29, 0.717) is 19.4 Å². The Kier molecular flexibility index (Phi) is 83.3. The first-order valence-corrected chi connectivity index (χ1v) is 44.1. The first-order valence-electron chi connectivity index (χ1n) is 44.1. The number of carbonyl (C=O) groups excluding carboxylic acids is 2. The van der Waals surface area contributed by atoms with E-state index in [2.05, 4.69) is 31.3 Å². The number of allylic oxidation sites excluding steroid dienone is 3. The summed E-state index contributed by atoms with van der Waals surface area (Å²) in [7, 11) is 0. The number of aliphatic hydroxyl groups excluding tert-OH is 2. The number of nitrogens with one attached hydrogen (secondary N) is 1. The maximum Gasteiger partial charge on any atom is 0.305 e. The van der Waals surface area contributed by atoms with Crippen LogP contribution in [0.15, 0.2) is 24.3 Å². The van der Waals surface area contributed by atoms with Crippen LogP contribution in [0.4, 0.5) is 0 Å². The van der Waals surface area contributed by atoms with Crippen molar-refractivity contribution in [2.75, 3.05) is 13.2 Å². The number of esters is 1. The molecule has 3 N–H and O–H groups in total. The Morgan fingerprint density at radius 1 is 0.284 bits per heavy atom. The monoisotopic (exact) mass is 1340 g/mol. The Labute approximate surface area is 596 Å². The molecule has 0 aromatic heterocycles. The summed E-state index contributed by atoms with van der Waals surface area (Å²) in [5.74, 6) is -0.0311. The molecule has 0 bridgehead atoms. The van der Waals surface area contributed by atoms with Crippen molar-refractivity contribution in [1.82, 2.24) is 5.32 Å². The van der Waals surface area contributed by atoms with Gasteiger partial charge in [0.25, 0.3) is 0 Å². The first-order chi connectivity index (χ1) is 47.0. The average molecular weight is 1340 g/mol. The number of unbranched alkanes of at least 4 members (excludes halogenated alkanes) is 71. The Morgan fingerprint density at radius 2 is 0.495 bits per heavy atom. The van der Waals surface area contributed by atoms with Gasteiger partial charge in [0.1, 0.15) is 0 Å². The molecule has 0 rings (SSSR count). The smallest absolute Gasteiger partial charge is 0.305 e. The number of amides is 1. The van der Waals surface area contributed by atoms with Crippen molar-refractivity contribution in [3.63, 3.8) is 0 Å². The molecule has 1 amide bonds. The molecule has 0 fully saturated rings. The van der Waals surface area contributed by atoms with E-state index in [1.165, 1.54) is 443 Å². The number of hydrogen-bond donors (Lipinski definition) is 3. The standard InChI is InChI=1S/C89H173NO5/c1-3-5-7-9-11-13-15-17-19-21-23-24-42-46-49-53-57-61-65-69-73-77-81-87(92)86(85-91)90-88(93)82-78-74-70-66-62-58-54-50-47-43-40-38-36-34-32-30-28-26-25-27-29-31-33-35-37-39-41-44-48-52-56-60-64-68-72-76-80-84-95-89(94)83-79-75-71-67-63-59-55-51-45-22-20-18-16-14-12-10-8-6-4-2/h25,27,77,81,86-87,91-92H,3-24,26,28-76,78-80,82-85H2,1-2H3,(H,90,93)/b27-25-,81-77+. The second-order valence-electron chi connectivity index (χ2n) is 30.6. The molecule has 6 heteroatoms. The highest BCUT2D eigenvalue weighted by molar-refractivity contribution is 5.76. The van der Waals surface area contributed by atoms with E-state index in [0.717, 1.165) is 38.5 Å². The molecule has 0 aromatic carbocycles. The van der Waals surface area contributed by atoms with E-state index in [1.54, 1.807) is 6.08 Å². The van der Waals surface area contributed by atoms with Gasteiger partial charge < -0.3 is 20.3 Å². The summed E-state index contributed by atoms with van der Waals surface area (Å²) in [6.07, 6.45) is 111. The predicted molar refractivity (Wildman–Crippen MR) is 421 cm³/mol. The molecule has 0 aliphatic carbocycles. The molecule has 0 radical (unpaired) electrons. The summed E-state index contributed by atoms with van der Waals surface area (Å²) in [6, 6.07) is -0.626. The summed E-state index contributed by atoms with van der Waals surface area (Å²) >= 11 is 0. The van der Waals surface area contributed by atoms with Crippen molar-refractivity contribution in [2.24, 2.45) is 0 Å². The number of carbonyl (C=O) groups is 2. The van der Waals surface area contributed by atoms with Gasteiger partial charge >= 0.3 is 5.97 Å². The van der Waals surface area contributed by atoms with Gasteiger partial charge in [-0.05, 0) is 57.8 Å². The first kappa shape index (κ1) is 93.3. The topological polar surface area (TPSA) is 95.9 Å². The molecule has 0 aromatic rings. The Balaban J connectivity index is 3.34. The molecule has 2 atom stereocenters. The largest absolute Gasteiger partial charge is 0.466 e. The lowest BCUT2D eigenvalue weighted by atomic mass is 10.0. The quantitative estimate of drug-likeness (QED) is 0.0320. The third-order valence-electron chi connectivity index (χ3n) is 21.0. The molecule has 0 heterocycles. The molecule has 0 saturated carbocycles. The lowest BCUT2D eigenvalue weighted by Gasteiger charge is -2.20. The second-order valence-corrected chi connectivity index (χ2v) is 30.6. The van der Waals surface area contributed by atoms with E-state index < -0.39 is 12.1 Å². The molecule has 0 spiro atoms. The minimum atomic E-state index is -0.843. The molecule has 2 unspecified atom stereocenters. The summed E-state index contributed by atoms with van der Waals surface area (Å²) < 4.78 is 5.53. The molecule has 0 aliphatic heterocycles. The summed E-state index contributed by atoms with van der Waals surface area (Å²) in [4.78, 5) is 24.7. The summed E-state index contributed by atoms with van der Waals surface area (Å²) in [5.41, 5.74) is 0. The van der Waals surface area contributed by atoms with Crippen molar-refractivity contribution in [2.45, 2.75) is 520 Å². The molecular weight excluding hydrogens is 1160 g/mol. The van der Waals surface area contributed by atoms with Gasteiger partial charge in [-0.3, -0.25) is 9.59 Å². The van der Waals surface area contributed by atoms with E-state index in [9.17, 15) is 19.8 Å². The van der Waals surface area contributed by atoms with Crippen LogP contribution in [-0.2, 0) is 14.3 Å². The van der Waals surface area contributed by atoms with Crippen LogP contribution in [-0.4, -0.2) is 47.4 Å². The normalized spacial score (nSPS) is 12.5. The Hall–Kier alpha value is -1.66. The van der Waals surface area contributed by atoms with Gasteiger partial charge in [-0.25, -0.2) is 0 Å². The van der Waals surface area contributed by atoms with Crippen LogP contribution in [0.25, 0.3) is 0 Å². The molecule has 6 nitrogen and oxygen atoms in total. The molecule has 564 valence electrons. The lowest BCUT2D eigenvalue weighted by Crippen LogP contribution is -2.45. The maximum atomic E-state index is 12.6. The minimum absolute atomic E-state index is 0.0274. The van der Waals surface area contributed by atoms with E-state index in [-0.39, 0.29) is 18.5 Å². The van der Waals surface area contributed by atoms with Crippen LogP contribution in [0.2, 0.25) is 0 Å². The van der Waals surface area contributed by atoms with Crippen molar-refractivity contribution in [1.29, 1.82) is 0 Å². The van der Waals surface area contributed by atoms with Crippen LogP contribution >= 0.6 is 0 Å². The maximum absolute atomic E-state index is 12.6. The van der Waals surface area contributed by atoms with E-state index in [1.807, 2.05) is 6.08 Å². The highest BCUT2D eigenvalue weighted by Gasteiger charge is 2.18. The number of ether oxygens (including phenoxy) is 1. The molecule has 95 heavy (non-hydrogen) atoms. The Morgan fingerprint density at radius 3 is 0.747 bits per heavy atom. The molecule has 0 saturated heterocycles. The number of aliphatic hydroxyl groups is 2. The van der Waals surface area contributed by atoms with Gasteiger partial charge in [0.05, 0.1) is 25.4 Å². The fraction of sp³-hybridized carbons (Fsp3) is 0.933. The van der Waals surface area contributed by atoms with Crippen LogP contribution in [0, 0.1) is 0 Å². The zero-order chi connectivity index (χ0) is 68.4. The van der Waals surface area contributed by atoms with Gasteiger partial charge in [0, 0.05) is 12.8 Å². The average Bonchev–Trinajstić information content (AvgIpc) is 2.94. The van der Waals surface area contributed by atoms with Crippen molar-refractivity contribution in [3.05, 3.63) is 24.3 Å². The van der Waals surface area contributed by atoms with E-state index >= 15 is 0 Å². The SMILES string of the molecule is CCCCCCCCCCCCCCCCCCCCCC/C=C/C(O)C(CO)NC(=O)CCCCCCCCCCCCCCCCCCC/C=C\CCCCCCCCCCCCCCCCCCOC(=O)CCCCCCCCCCCCCCCCCCCCC. The summed E-state index contributed by atoms with van der Waals surface area (Å²) in [5, 5.41) is 23.3. The lowest BCUT2D eigenvalue weighted by molar-refractivity contribution is -0.143. The minimum Gasteiger partial charge on any atom is -0.466 e. The fourth-order valence-corrected chi connectivity index (χ4v) is 14.3. The van der Waals surface area contributed by atoms with Gasteiger partial charge in [-0.1, -0.05) is 462 Å². The van der Waals surface area contributed by atoms with Crippen molar-refractivity contribution >= 4 is 11.9 Å². The second kappa shape index (κ2) is 84.8. The van der Waals surface area contributed by atoms with Gasteiger partial charge in [-0.15, -0.1) is 0 Å². The van der Waals surface area contributed by atoms with E-state index in [4.69, 9.17) is 4.74 Å². The zero-order valence-corrected chi connectivity index (χ0v) is 64.9. The van der Waals surface area contributed by atoms with Crippen LogP contribution in [0.3, 0.4) is 0 Å². The zero-order valence-electron chi connectivity index (χ0n) is 64.9. The Bertz CT molecular complexity index is 1500. The van der Waals surface area contributed by atoms with Crippen molar-refractivity contribution in [3.8, 4) is 0 Å². The molecule has 0 aliphatic rings. The number of rotatable bonds is 84. The highest BCUT2D eigenvalue weighted by atomic mass is 16.5.